The van der Waals surface area contributed by atoms with Gasteiger partial charge in [0.15, 0.2) is 0 Å². The lowest BCUT2D eigenvalue weighted by Crippen LogP contribution is -1.82. The number of halogens is 1. The van der Waals surface area contributed by atoms with Crippen LogP contribution in [0.25, 0.3) is 0 Å². The van der Waals surface area contributed by atoms with E-state index in [-0.39, 0.29) is 29.8 Å². The van der Waals surface area contributed by atoms with Crippen molar-refractivity contribution < 1.29 is 15.7 Å². The zero-order chi connectivity index (χ0) is 2.71. The Labute approximate surface area is 41.4 Å². The Morgan fingerprint density at radius 1 is 1.33 bits per heavy atom. The SMILES string of the molecule is Cl.NC=O.O.O. The first-order chi connectivity index (χ1) is 1.41. The highest BCUT2D eigenvalue weighted by atomic mass is 35.5. The number of hydrogen-bond donors (Lipinski definition) is 1. The lowest BCUT2D eigenvalue weighted by Gasteiger charge is -1.32. The third-order valence-electron chi connectivity index (χ3n) is 0. The van der Waals surface area contributed by atoms with Crippen LogP contribution in [0.3, 0.4) is 0 Å². The topological polar surface area (TPSA) is 106 Å². The summed E-state index contributed by atoms with van der Waals surface area (Å²) in [6.45, 7) is 0. The number of hydrogen-bond acceptors (Lipinski definition) is 1. The normalized spacial score (nSPS) is 2.00. The molecule has 1 amide bonds. The molecule has 0 aromatic carbocycles. The molecule has 0 fully saturated rings. The molecule has 0 aliphatic carbocycles. The van der Waals surface area contributed by atoms with Gasteiger partial charge in [-0.3, -0.25) is 4.79 Å². The molecule has 6 N–H and O–H groups in total. The molecule has 0 bridgehead atoms. The summed E-state index contributed by atoms with van der Waals surface area (Å²) in [6, 6.07) is 0. The summed E-state index contributed by atoms with van der Waals surface area (Å²) in [6.07, 6.45) is 0.250. The van der Waals surface area contributed by atoms with Crippen molar-refractivity contribution in [3.8, 4) is 0 Å². The Morgan fingerprint density at radius 3 is 1.33 bits per heavy atom. The molecule has 0 radical (unpaired) electrons. The van der Waals surface area contributed by atoms with E-state index in [2.05, 4.69) is 5.73 Å². The summed E-state index contributed by atoms with van der Waals surface area (Å²) in [5.41, 5.74) is 4.17. The van der Waals surface area contributed by atoms with Gasteiger partial charge in [-0.25, -0.2) is 0 Å². The van der Waals surface area contributed by atoms with Gasteiger partial charge in [-0.2, -0.15) is 0 Å². The van der Waals surface area contributed by atoms with Gasteiger partial charge in [-0.1, -0.05) is 0 Å². The second-order valence-corrected chi connectivity index (χ2v) is 0.136. The molecule has 0 aliphatic rings. The molecule has 4 nitrogen and oxygen atoms in total. The second kappa shape index (κ2) is 137. The minimum Gasteiger partial charge on any atom is -0.412 e. The van der Waals surface area contributed by atoms with Crippen molar-refractivity contribution in [2.24, 2.45) is 5.73 Å². The van der Waals surface area contributed by atoms with Crippen LogP contribution in [0.15, 0.2) is 0 Å². The van der Waals surface area contributed by atoms with Crippen molar-refractivity contribution >= 4 is 18.8 Å². The van der Waals surface area contributed by atoms with E-state index in [1.54, 1.807) is 0 Å². The first kappa shape index (κ1) is 44.1. The van der Waals surface area contributed by atoms with Gasteiger partial charge in [0.1, 0.15) is 0 Å². The zero-order valence-electron chi connectivity index (χ0n) is 2.97. The quantitative estimate of drug-likeness (QED) is 0.360. The van der Waals surface area contributed by atoms with E-state index in [1.807, 2.05) is 0 Å². The number of nitrogens with two attached hydrogens (primary N) is 1. The van der Waals surface area contributed by atoms with Crippen LogP contribution in [0, 0.1) is 0 Å². The Kier molecular flexibility index (Phi) is 1010. The molecule has 0 atom stereocenters. The highest BCUT2D eigenvalue weighted by Gasteiger charge is 1.19. The minimum atomic E-state index is 0. The van der Waals surface area contributed by atoms with Crippen LogP contribution >= 0.6 is 12.4 Å². The maximum absolute atomic E-state index is 8.58. The van der Waals surface area contributed by atoms with E-state index in [1.165, 1.54) is 0 Å². The molecular weight excluding hydrogens is 109 g/mol. The van der Waals surface area contributed by atoms with Crippen molar-refractivity contribution in [2.45, 2.75) is 0 Å². The van der Waals surface area contributed by atoms with E-state index in [0.29, 0.717) is 0 Å². The Balaban J connectivity index is -0.00000000667. The smallest absolute Gasteiger partial charge is 0.204 e. The Bertz CT molecular complexity index is 18.3. The van der Waals surface area contributed by atoms with Crippen LogP contribution in [-0.4, -0.2) is 17.4 Å². The van der Waals surface area contributed by atoms with Gasteiger partial charge in [0.2, 0.25) is 6.41 Å². The molecule has 5 heteroatoms. The molecule has 0 aromatic rings. The van der Waals surface area contributed by atoms with E-state index >= 15 is 0 Å². The van der Waals surface area contributed by atoms with Crippen molar-refractivity contribution in [3.05, 3.63) is 0 Å². The summed E-state index contributed by atoms with van der Waals surface area (Å²) < 4.78 is 0. The first-order valence-corrected chi connectivity index (χ1v) is 0.569. The molecule has 0 aliphatic heterocycles. The molecule has 0 aromatic heterocycles. The molecule has 0 unspecified atom stereocenters. The molecule has 0 heterocycles. The number of rotatable bonds is 0. The molecule has 42 valence electrons. The predicted octanol–water partition coefficient (Wildman–Crippen LogP) is -2.13. The molecule has 0 spiro atoms. The molecular formula is CH8ClNO3. The fourth-order valence-corrected chi connectivity index (χ4v) is 0. The molecule has 0 saturated heterocycles. The third-order valence-corrected chi connectivity index (χ3v) is 0. The van der Waals surface area contributed by atoms with Crippen molar-refractivity contribution in [2.75, 3.05) is 0 Å². The summed E-state index contributed by atoms with van der Waals surface area (Å²) >= 11 is 0. The van der Waals surface area contributed by atoms with E-state index in [4.69, 9.17) is 4.79 Å². The summed E-state index contributed by atoms with van der Waals surface area (Å²) in [5, 5.41) is 0. The lowest BCUT2D eigenvalue weighted by molar-refractivity contribution is -0.106. The van der Waals surface area contributed by atoms with Gasteiger partial charge in [0.05, 0.1) is 0 Å². The highest BCUT2D eigenvalue weighted by molar-refractivity contribution is 5.85. The predicted molar refractivity (Wildman–Crippen MR) is 24.7 cm³/mol. The summed E-state index contributed by atoms with van der Waals surface area (Å²) in [7, 11) is 0. The Hall–Kier alpha value is -0.320. The van der Waals surface area contributed by atoms with E-state index in [0.717, 1.165) is 0 Å². The standard InChI is InChI=1S/CH3NO.ClH.2H2O/c2-1-3;;;/h1H,(H2,2,3);1H;2*1H2. The van der Waals surface area contributed by atoms with Crippen LogP contribution in [-0.2, 0) is 4.79 Å². The van der Waals surface area contributed by atoms with Gasteiger partial charge < -0.3 is 16.7 Å². The van der Waals surface area contributed by atoms with Crippen LogP contribution in [0.5, 0.6) is 0 Å². The maximum atomic E-state index is 8.58. The van der Waals surface area contributed by atoms with Crippen molar-refractivity contribution in [1.29, 1.82) is 0 Å². The second-order valence-electron chi connectivity index (χ2n) is 0.136. The van der Waals surface area contributed by atoms with Crippen LogP contribution in [0.1, 0.15) is 0 Å². The zero-order valence-corrected chi connectivity index (χ0v) is 3.79. The molecule has 0 rings (SSSR count). The lowest BCUT2D eigenvalue weighted by atomic mass is 11.5. The number of amides is 1. The molecule has 0 saturated carbocycles. The van der Waals surface area contributed by atoms with Crippen LogP contribution in [0.4, 0.5) is 0 Å². The van der Waals surface area contributed by atoms with Crippen molar-refractivity contribution in [1.82, 2.24) is 0 Å². The van der Waals surface area contributed by atoms with Gasteiger partial charge in [-0.05, 0) is 0 Å². The van der Waals surface area contributed by atoms with Gasteiger partial charge >= 0.3 is 0 Å². The monoisotopic (exact) mass is 117 g/mol. The van der Waals surface area contributed by atoms with Gasteiger partial charge in [-0.15, -0.1) is 12.4 Å². The number of carbonyl (C=O) groups is 1. The van der Waals surface area contributed by atoms with E-state index < -0.39 is 0 Å². The molecule has 6 heavy (non-hydrogen) atoms. The highest BCUT2D eigenvalue weighted by Crippen LogP contribution is 0.798. The van der Waals surface area contributed by atoms with E-state index in [9.17, 15) is 0 Å². The largest absolute Gasteiger partial charge is 0.412 e. The summed E-state index contributed by atoms with van der Waals surface area (Å²) in [5.74, 6) is 0. The van der Waals surface area contributed by atoms with Crippen LogP contribution in [0.2, 0.25) is 0 Å². The number of carbonyl (C=O) groups excluding carboxylic acids is 1. The minimum absolute atomic E-state index is 0. The summed E-state index contributed by atoms with van der Waals surface area (Å²) in [4.78, 5) is 8.58. The average molecular weight is 118 g/mol. The van der Waals surface area contributed by atoms with Gasteiger partial charge in [0, 0.05) is 0 Å². The fourth-order valence-electron chi connectivity index (χ4n) is 0. The van der Waals surface area contributed by atoms with Crippen LogP contribution < -0.4 is 5.73 Å². The first-order valence-electron chi connectivity index (χ1n) is 0.569. The fraction of sp³-hybridized carbons (Fsp3) is 0. The third kappa shape index (κ3) is 258. The maximum Gasteiger partial charge on any atom is 0.204 e. The van der Waals surface area contributed by atoms with Crippen molar-refractivity contribution in [3.63, 3.8) is 0 Å². The number of primary amides is 1. The Morgan fingerprint density at radius 2 is 1.33 bits per heavy atom. The average Bonchev–Trinajstić information content (AvgIpc) is 0.918. The van der Waals surface area contributed by atoms with Gasteiger partial charge in [0.25, 0.3) is 0 Å².